The molecule has 1 heterocycles. The van der Waals surface area contributed by atoms with Crippen LogP contribution in [0.4, 0.5) is 0 Å². The van der Waals surface area contributed by atoms with E-state index in [0.29, 0.717) is 6.54 Å². The van der Waals surface area contributed by atoms with Crippen molar-refractivity contribution in [2.24, 2.45) is 0 Å². The first-order valence-corrected chi connectivity index (χ1v) is 6.05. The fourth-order valence-corrected chi connectivity index (χ4v) is 2.20. The van der Waals surface area contributed by atoms with Gasteiger partial charge in [-0.1, -0.05) is 0 Å². The van der Waals surface area contributed by atoms with Crippen molar-refractivity contribution in [3.05, 3.63) is 0 Å². The number of aliphatic hydroxyl groups is 1. The molecule has 1 amide bonds. The van der Waals surface area contributed by atoms with Crippen LogP contribution in [0.15, 0.2) is 0 Å². The highest BCUT2D eigenvalue weighted by atomic mass is 16.5. The largest absolute Gasteiger partial charge is 0.384 e. The van der Waals surface area contributed by atoms with Crippen molar-refractivity contribution in [2.45, 2.75) is 64.9 Å². The summed E-state index contributed by atoms with van der Waals surface area (Å²) in [4.78, 5) is 13.4. The maximum atomic E-state index is 11.7. The van der Waals surface area contributed by atoms with Gasteiger partial charge in [-0.3, -0.25) is 4.79 Å². The second-order valence-electron chi connectivity index (χ2n) is 4.89. The minimum atomic E-state index is -0.898. The van der Waals surface area contributed by atoms with Crippen molar-refractivity contribution in [3.8, 4) is 0 Å². The monoisotopic (exact) mass is 229 g/mol. The molecule has 0 aromatic carbocycles. The summed E-state index contributed by atoms with van der Waals surface area (Å²) in [6.45, 7) is 8.26. The van der Waals surface area contributed by atoms with Crippen molar-refractivity contribution in [3.63, 3.8) is 0 Å². The van der Waals surface area contributed by atoms with Gasteiger partial charge in [0.05, 0.1) is 12.2 Å². The fraction of sp³-hybridized carbons (Fsp3) is 0.917. The molecule has 16 heavy (non-hydrogen) atoms. The van der Waals surface area contributed by atoms with Gasteiger partial charge in [0.2, 0.25) is 0 Å². The Bertz CT molecular complexity index is 240. The predicted molar refractivity (Wildman–Crippen MR) is 62.1 cm³/mol. The predicted octanol–water partition coefficient (Wildman–Crippen LogP) is 1.17. The SMILES string of the molecule is CC(C)O[C@H]1CCN(C(=O)[C@H](C)O)[C@H](C)C1. The Balaban J connectivity index is 2.49. The lowest BCUT2D eigenvalue weighted by molar-refractivity contribution is -0.145. The third-order valence-corrected chi connectivity index (χ3v) is 2.93. The third-order valence-electron chi connectivity index (χ3n) is 2.93. The molecule has 0 saturated carbocycles. The molecule has 1 fully saturated rings. The maximum absolute atomic E-state index is 11.7. The minimum absolute atomic E-state index is 0.152. The Morgan fingerprint density at radius 3 is 2.50 bits per heavy atom. The number of hydrogen-bond donors (Lipinski definition) is 1. The second kappa shape index (κ2) is 5.64. The highest BCUT2D eigenvalue weighted by Gasteiger charge is 2.31. The first-order valence-electron chi connectivity index (χ1n) is 6.05. The normalized spacial score (nSPS) is 28.2. The summed E-state index contributed by atoms with van der Waals surface area (Å²) in [5.74, 6) is -0.171. The van der Waals surface area contributed by atoms with Crippen LogP contribution in [-0.4, -0.2) is 46.8 Å². The number of likely N-dealkylation sites (tertiary alicyclic amines) is 1. The molecule has 0 bridgehead atoms. The molecule has 0 aromatic rings. The standard InChI is InChI=1S/C12H23NO3/c1-8(2)16-11-5-6-13(9(3)7-11)12(15)10(4)14/h8-11,14H,5-7H2,1-4H3/t9-,10+,11+/m1/s1. The Hall–Kier alpha value is -0.610. The summed E-state index contributed by atoms with van der Waals surface area (Å²) >= 11 is 0. The molecule has 1 aliphatic heterocycles. The van der Waals surface area contributed by atoms with E-state index in [2.05, 4.69) is 0 Å². The molecule has 1 saturated heterocycles. The first kappa shape index (κ1) is 13.5. The zero-order valence-corrected chi connectivity index (χ0v) is 10.6. The average Bonchev–Trinajstić information content (AvgIpc) is 2.15. The Labute approximate surface area is 97.6 Å². The zero-order valence-electron chi connectivity index (χ0n) is 10.6. The lowest BCUT2D eigenvalue weighted by Crippen LogP contribution is -2.50. The van der Waals surface area contributed by atoms with Crippen LogP contribution in [0.5, 0.6) is 0 Å². The maximum Gasteiger partial charge on any atom is 0.251 e. The van der Waals surface area contributed by atoms with Gasteiger partial charge in [0.15, 0.2) is 0 Å². The highest BCUT2D eigenvalue weighted by Crippen LogP contribution is 2.21. The molecule has 0 spiro atoms. The fourth-order valence-electron chi connectivity index (χ4n) is 2.20. The van der Waals surface area contributed by atoms with E-state index in [0.717, 1.165) is 12.8 Å². The molecule has 0 aromatic heterocycles. The van der Waals surface area contributed by atoms with E-state index in [1.165, 1.54) is 6.92 Å². The van der Waals surface area contributed by atoms with Gasteiger partial charge in [0.25, 0.3) is 5.91 Å². The number of amides is 1. The van der Waals surface area contributed by atoms with Gasteiger partial charge in [-0.25, -0.2) is 0 Å². The van der Waals surface area contributed by atoms with Crippen LogP contribution in [0, 0.1) is 0 Å². The topological polar surface area (TPSA) is 49.8 Å². The van der Waals surface area contributed by atoms with Crippen molar-refractivity contribution >= 4 is 5.91 Å². The van der Waals surface area contributed by atoms with Gasteiger partial charge < -0.3 is 14.7 Å². The Morgan fingerprint density at radius 1 is 1.44 bits per heavy atom. The minimum Gasteiger partial charge on any atom is -0.384 e. The number of ether oxygens (including phenoxy) is 1. The molecule has 0 radical (unpaired) electrons. The summed E-state index contributed by atoms with van der Waals surface area (Å²) < 4.78 is 5.75. The van der Waals surface area contributed by atoms with Crippen molar-refractivity contribution in [1.82, 2.24) is 4.90 Å². The van der Waals surface area contributed by atoms with Gasteiger partial charge in [-0.15, -0.1) is 0 Å². The molecule has 4 nitrogen and oxygen atoms in total. The van der Waals surface area contributed by atoms with E-state index >= 15 is 0 Å². The van der Waals surface area contributed by atoms with Crippen molar-refractivity contribution in [1.29, 1.82) is 0 Å². The molecular weight excluding hydrogens is 206 g/mol. The molecule has 1 rings (SSSR count). The van der Waals surface area contributed by atoms with Crippen molar-refractivity contribution in [2.75, 3.05) is 6.54 Å². The number of piperidine rings is 1. The van der Waals surface area contributed by atoms with Crippen LogP contribution in [0.1, 0.15) is 40.5 Å². The van der Waals surface area contributed by atoms with E-state index in [-0.39, 0.29) is 24.2 Å². The Kier molecular flexibility index (Phi) is 4.74. The smallest absolute Gasteiger partial charge is 0.251 e. The molecule has 94 valence electrons. The van der Waals surface area contributed by atoms with Crippen LogP contribution >= 0.6 is 0 Å². The molecular formula is C12H23NO3. The van der Waals surface area contributed by atoms with Gasteiger partial charge in [-0.05, 0) is 40.5 Å². The number of nitrogens with zero attached hydrogens (tertiary/aromatic N) is 1. The summed E-state index contributed by atoms with van der Waals surface area (Å²) in [6.07, 6.45) is 1.30. The zero-order chi connectivity index (χ0) is 12.3. The van der Waals surface area contributed by atoms with E-state index in [1.807, 2.05) is 20.8 Å². The van der Waals surface area contributed by atoms with Crippen LogP contribution in [0.3, 0.4) is 0 Å². The van der Waals surface area contributed by atoms with E-state index in [9.17, 15) is 9.90 Å². The molecule has 1 aliphatic rings. The van der Waals surface area contributed by atoms with Gasteiger partial charge >= 0.3 is 0 Å². The van der Waals surface area contributed by atoms with Crippen LogP contribution in [0.25, 0.3) is 0 Å². The number of hydrogen-bond acceptors (Lipinski definition) is 3. The first-order chi connectivity index (χ1) is 7.41. The Morgan fingerprint density at radius 2 is 2.06 bits per heavy atom. The third kappa shape index (κ3) is 3.46. The quantitative estimate of drug-likeness (QED) is 0.790. The summed E-state index contributed by atoms with van der Waals surface area (Å²) in [6, 6.07) is 0.152. The van der Waals surface area contributed by atoms with Gasteiger partial charge in [0, 0.05) is 12.6 Å². The van der Waals surface area contributed by atoms with E-state index < -0.39 is 6.10 Å². The molecule has 0 unspecified atom stereocenters. The lowest BCUT2D eigenvalue weighted by atomic mass is 10.00. The van der Waals surface area contributed by atoms with E-state index in [4.69, 9.17) is 4.74 Å². The van der Waals surface area contributed by atoms with Gasteiger partial charge in [0.1, 0.15) is 6.10 Å². The number of carbonyl (C=O) groups excluding carboxylic acids is 1. The van der Waals surface area contributed by atoms with Gasteiger partial charge in [-0.2, -0.15) is 0 Å². The van der Waals surface area contributed by atoms with Crippen LogP contribution in [0.2, 0.25) is 0 Å². The summed E-state index contributed by atoms with van der Waals surface area (Å²) in [5.41, 5.74) is 0. The van der Waals surface area contributed by atoms with E-state index in [1.54, 1.807) is 4.90 Å². The molecule has 1 N–H and O–H groups in total. The van der Waals surface area contributed by atoms with Crippen molar-refractivity contribution < 1.29 is 14.6 Å². The number of aliphatic hydroxyl groups excluding tert-OH is 1. The number of carbonyl (C=O) groups is 1. The highest BCUT2D eigenvalue weighted by molar-refractivity contribution is 5.80. The molecule has 4 heteroatoms. The lowest BCUT2D eigenvalue weighted by Gasteiger charge is -2.38. The summed E-state index contributed by atoms with van der Waals surface area (Å²) in [7, 11) is 0. The second-order valence-corrected chi connectivity index (χ2v) is 4.89. The van der Waals surface area contributed by atoms with Crippen LogP contribution in [-0.2, 0) is 9.53 Å². The summed E-state index contributed by atoms with van der Waals surface area (Å²) in [5, 5.41) is 9.28. The number of rotatable bonds is 3. The molecule has 3 atom stereocenters. The molecule has 0 aliphatic carbocycles. The average molecular weight is 229 g/mol. The van der Waals surface area contributed by atoms with Crippen LogP contribution < -0.4 is 0 Å².